The van der Waals surface area contributed by atoms with Crippen LogP contribution in [0, 0.1) is 0 Å². The van der Waals surface area contributed by atoms with Gasteiger partial charge in [-0.05, 0) is 25.3 Å². The van der Waals surface area contributed by atoms with Crippen LogP contribution >= 0.6 is 0 Å². The van der Waals surface area contributed by atoms with E-state index in [1.54, 1.807) is 0 Å². The van der Waals surface area contributed by atoms with Crippen LogP contribution in [0.1, 0.15) is 31.4 Å². The molecule has 1 aliphatic rings. The Hall–Kier alpha value is -1.35. The highest BCUT2D eigenvalue weighted by atomic mass is 16.2. The van der Waals surface area contributed by atoms with Crippen LogP contribution in [0.25, 0.3) is 0 Å². The molecule has 1 fully saturated rings. The number of rotatable bonds is 5. The number of likely N-dealkylation sites (N-methyl/N-ethyl adjacent to an activating group) is 1. The summed E-state index contributed by atoms with van der Waals surface area (Å²) in [5, 5.41) is 3.27. The summed E-state index contributed by atoms with van der Waals surface area (Å²) in [6.07, 6.45) is 2.33. The highest BCUT2D eigenvalue weighted by molar-refractivity contribution is 5.78. The van der Waals surface area contributed by atoms with Gasteiger partial charge in [-0.3, -0.25) is 4.79 Å². The molecule has 0 spiro atoms. The quantitative estimate of drug-likeness (QED) is 0.841. The normalized spacial score (nSPS) is 16.6. The van der Waals surface area contributed by atoms with Crippen molar-refractivity contribution in [2.75, 3.05) is 13.6 Å². The van der Waals surface area contributed by atoms with Gasteiger partial charge in [0.2, 0.25) is 5.91 Å². The van der Waals surface area contributed by atoms with Crippen LogP contribution in [-0.2, 0) is 4.79 Å². The second-order valence-corrected chi connectivity index (χ2v) is 4.75. The van der Waals surface area contributed by atoms with Crippen LogP contribution in [0.15, 0.2) is 30.3 Å². The summed E-state index contributed by atoms with van der Waals surface area (Å²) in [6, 6.07) is 10.9. The van der Waals surface area contributed by atoms with E-state index in [-0.39, 0.29) is 11.9 Å². The van der Waals surface area contributed by atoms with Gasteiger partial charge in [-0.25, -0.2) is 0 Å². The summed E-state index contributed by atoms with van der Waals surface area (Å²) >= 11 is 0. The maximum absolute atomic E-state index is 11.8. The Bertz CT molecular complexity index is 373. The molecule has 3 nitrogen and oxygen atoms in total. The molecular weight excluding hydrogens is 212 g/mol. The first-order valence-electron chi connectivity index (χ1n) is 6.22. The van der Waals surface area contributed by atoms with E-state index in [0.717, 1.165) is 12.8 Å². The molecule has 1 aromatic carbocycles. The van der Waals surface area contributed by atoms with Gasteiger partial charge < -0.3 is 10.2 Å². The second kappa shape index (κ2) is 5.32. The van der Waals surface area contributed by atoms with E-state index in [0.29, 0.717) is 12.6 Å². The molecular formula is C14H20N2O. The van der Waals surface area contributed by atoms with Gasteiger partial charge in [0.15, 0.2) is 0 Å². The van der Waals surface area contributed by atoms with E-state index in [1.807, 2.05) is 30.1 Å². The average Bonchev–Trinajstić information content (AvgIpc) is 3.20. The molecule has 0 unspecified atom stereocenters. The summed E-state index contributed by atoms with van der Waals surface area (Å²) in [6.45, 7) is 2.50. The zero-order valence-corrected chi connectivity index (χ0v) is 10.5. The van der Waals surface area contributed by atoms with Crippen molar-refractivity contribution in [2.24, 2.45) is 0 Å². The maximum atomic E-state index is 11.8. The van der Waals surface area contributed by atoms with Gasteiger partial charge in [-0.1, -0.05) is 30.3 Å². The lowest BCUT2D eigenvalue weighted by Gasteiger charge is -2.19. The Morgan fingerprint density at radius 3 is 2.65 bits per heavy atom. The first kappa shape index (κ1) is 12.1. The second-order valence-electron chi connectivity index (χ2n) is 4.75. The third-order valence-corrected chi connectivity index (χ3v) is 3.35. The molecule has 0 bridgehead atoms. The van der Waals surface area contributed by atoms with Crippen molar-refractivity contribution >= 4 is 5.91 Å². The average molecular weight is 232 g/mol. The topological polar surface area (TPSA) is 32.3 Å². The summed E-state index contributed by atoms with van der Waals surface area (Å²) in [5.41, 5.74) is 1.22. The first-order chi connectivity index (χ1) is 8.18. The van der Waals surface area contributed by atoms with E-state index in [4.69, 9.17) is 0 Å². The fraction of sp³-hybridized carbons (Fsp3) is 0.500. The maximum Gasteiger partial charge on any atom is 0.236 e. The number of nitrogens with zero attached hydrogens (tertiary/aromatic N) is 1. The number of carbonyl (C=O) groups is 1. The summed E-state index contributed by atoms with van der Waals surface area (Å²) in [4.78, 5) is 13.7. The Morgan fingerprint density at radius 1 is 1.41 bits per heavy atom. The lowest BCUT2D eigenvalue weighted by atomic mass is 10.1. The molecule has 0 aromatic heterocycles. The Kier molecular flexibility index (Phi) is 3.79. The van der Waals surface area contributed by atoms with Gasteiger partial charge in [-0.2, -0.15) is 0 Å². The molecule has 1 amide bonds. The molecule has 1 atom stereocenters. The number of benzene rings is 1. The van der Waals surface area contributed by atoms with Crippen LogP contribution in [0.3, 0.4) is 0 Å². The number of hydrogen-bond donors (Lipinski definition) is 1. The summed E-state index contributed by atoms with van der Waals surface area (Å²) in [5.74, 6) is 0.190. The van der Waals surface area contributed by atoms with Gasteiger partial charge in [0, 0.05) is 19.1 Å². The molecule has 17 heavy (non-hydrogen) atoms. The molecule has 1 saturated carbocycles. The molecule has 1 N–H and O–H groups in total. The molecule has 92 valence electrons. The number of nitrogens with one attached hydrogen (secondary N) is 1. The van der Waals surface area contributed by atoms with Gasteiger partial charge in [0.05, 0.1) is 6.54 Å². The fourth-order valence-electron chi connectivity index (χ4n) is 1.89. The van der Waals surface area contributed by atoms with E-state index < -0.39 is 0 Å². The van der Waals surface area contributed by atoms with E-state index in [1.165, 1.54) is 5.56 Å². The van der Waals surface area contributed by atoms with Crippen molar-refractivity contribution < 1.29 is 4.79 Å². The van der Waals surface area contributed by atoms with Crippen LogP contribution in [0.5, 0.6) is 0 Å². The number of amides is 1. The fourth-order valence-corrected chi connectivity index (χ4v) is 1.89. The molecule has 3 heteroatoms. The summed E-state index contributed by atoms with van der Waals surface area (Å²) in [7, 11) is 1.90. The van der Waals surface area contributed by atoms with Crippen LogP contribution < -0.4 is 5.32 Å². The highest BCUT2D eigenvalue weighted by Crippen LogP contribution is 2.25. The monoisotopic (exact) mass is 232 g/mol. The Labute approximate surface area is 103 Å². The van der Waals surface area contributed by atoms with E-state index in [9.17, 15) is 4.79 Å². The van der Waals surface area contributed by atoms with Crippen molar-refractivity contribution in [1.29, 1.82) is 0 Å². The largest absolute Gasteiger partial charge is 0.342 e. The van der Waals surface area contributed by atoms with Crippen molar-refractivity contribution in [3.8, 4) is 0 Å². The van der Waals surface area contributed by atoms with Crippen molar-refractivity contribution in [3.63, 3.8) is 0 Å². The number of hydrogen-bond acceptors (Lipinski definition) is 2. The summed E-state index contributed by atoms with van der Waals surface area (Å²) < 4.78 is 0. The van der Waals surface area contributed by atoms with E-state index >= 15 is 0 Å². The molecule has 0 heterocycles. The smallest absolute Gasteiger partial charge is 0.236 e. The lowest BCUT2D eigenvalue weighted by Crippen LogP contribution is -2.37. The Balaban J connectivity index is 1.79. The third kappa shape index (κ3) is 3.30. The predicted molar refractivity (Wildman–Crippen MR) is 68.7 cm³/mol. The van der Waals surface area contributed by atoms with Crippen molar-refractivity contribution in [2.45, 2.75) is 31.8 Å². The predicted octanol–water partition coefficient (Wildman–Crippen LogP) is 1.96. The highest BCUT2D eigenvalue weighted by Gasteiger charge is 2.29. The van der Waals surface area contributed by atoms with Crippen LogP contribution in [0.4, 0.5) is 0 Å². The number of carbonyl (C=O) groups excluding carboxylic acids is 1. The molecule has 0 radical (unpaired) electrons. The molecule has 1 aliphatic carbocycles. The SMILES string of the molecule is C[C@H](NCC(=O)N(C)C1CC1)c1ccccc1. The third-order valence-electron chi connectivity index (χ3n) is 3.35. The zero-order valence-electron chi connectivity index (χ0n) is 10.5. The zero-order chi connectivity index (χ0) is 12.3. The van der Waals surface area contributed by atoms with Crippen LogP contribution in [0.2, 0.25) is 0 Å². The standard InChI is InChI=1S/C14H20N2O/c1-11(12-6-4-3-5-7-12)15-10-14(17)16(2)13-8-9-13/h3-7,11,13,15H,8-10H2,1-2H3/t11-/m0/s1. The minimum atomic E-state index is 0.190. The molecule has 0 saturated heterocycles. The van der Waals surface area contributed by atoms with E-state index in [2.05, 4.69) is 24.4 Å². The Morgan fingerprint density at radius 2 is 2.06 bits per heavy atom. The lowest BCUT2D eigenvalue weighted by molar-refractivity contribution is -0.129. The molecule has 1 aromatic rings. The van der Waals surface area contributed by atoms with Gasteiger partial charge in [0.25, 0.3) is 0 Å². The molecule has 0 aliphatic heterocycles. The van der Waals surface area contributed by atoms with Crippen LogP contribution in [-0.4, -0.2) is 30.4 Å². The van der Waals surface area contributed by atoms with Gasteiger partial charge in [0.1, 0.15) is 0 Å². The minimum absolute atomic E-state index is 0.190. The first-order valence-corrected chi connectivity index (χ1v) is 6.22. The van der Waals surface area contributed by atoms with Gasteiger partial charge in [-0.15, -0.1) is 0 Å². The molecule has 2 rings (SSSR count). The van der Waals surface area contributed by atoms with Gasteiger partial charge >= 0.3 is 0 Å². The van der Waals surface area contributed by atoms with Crippen molar-refractivity contribution in [1.82, 2.24) is 10.2 Å². The van der Waals surface area contributed by atoms with Crippen molar-refractivity contribution in [3.05, 3.63) is 35.9 Å². The minimum Gasteiger partial charge on any atom is -0.342 e.